The van der Waals surface area contributed by atoms with E-state index >= 15 is 0 Å². The number of hydrogen-bond acceptors (Lipinski definition) is 5. The molecule has 1 aromatic carbocycles. The van der Waals surface area contributed by atoms with E-state index in [1.807, 2.05) is 0 Å². The fourth-order valence-electron chi connectivity index (χ4n) is 2.44. The number of rotatable bonds is 6. The molecule has 1 aliphatic heterocycles. The summed E-state index contributed by atoms with van der Waals surface area (Å²) < 4.78 is 45.7. The summed E-state index contributed by atoms with van der Waals surface area (Å²) in [7, 11) is -3.86. The molecule has 26 heavy (non-hydrogen) atoms. The van der Waals surface area contributed by atoms with Gasteiger partial charge in [0, 0.05) is 19.6 Å². The Hall–Kier alpha value is -2.04. The highest BCUT2D eigenvalue weighted by Gasteiger charge is 2.28. The van der Waals surface area contributed by atoms with Gasteiger partial charge in [-0.1, -0.05) is 0 Å². The molecule has 1 atom stereocenters. The summed E-state index contributed by atoms with van der Waals surface area (Å²) in [4.78, 5) is 23.8. The number of nitrogens with one attached hydrogen (secondary N) is 2. The van der Waals surface area contributed by atoms with Crippen LogP contribution in [0.25, 0.3) is 0 Å². The Bertz CT molecular complexity index is 778. The molecular formula is C16H22FN3O5S. The third-order valence-corrected chi connectivity index (χ3v) is 5.78. The van der Waals surface area contributed by atoms with E-state index in [9.17, 15) is 22.4 Å². The number of carbonyl (C=O) groups excluding carboxylic acids is 2. The van der Waals surface area contributed by atoms with Gasteiger partial charge < -0.3 is 15.4 Å². The molecule has 0 unspecified atom stereocenters. The van der Waals surface area contributed by atoms with Crippen LogP contribution in [0.4, 0.5) is 4.39 Å². The number of hydrogen-bond donors (Lipinski definition) is 2. The average Bonchev–Trinajstić information content (AvgIpc) is 2.62. The Balaban J connectivity index is 2.23. The average molecular weight is 387 g/mol. The van der Waals surface area contributed by atoms with Crippen molar-refractivity contribution in [2.45, 2.75) is 24.8 Å². The van der Waals surface area contributed by atoms with Gasteiger partial charge in [0.1, 0.15) is 11.9 Å². The number of sulfonamides is 1. The van der Waals surface area contributed by atoms with Crippen LogP contribution in [0.3, 0.4) is 0 Å². The summed E-state index contributed by atoms with van der Waals surface area (Å²) in [5.74, 6) is -2.15. The fraction of sp³-hybridized carbons (Fsp3) is 0.500. The first-order valence-electron chi connectivity index (χ1n) is 8.23. The topological polar surface area (TPSA) is 105 Å². The lowest BCUT2D eigenvalue weighted by Crippen LogP contribution is -2.45. The van der Waals surface area contributed by atoms with Gasteiger partial charge in [-0.2, -0.15) is 4.31 Å². The number of nitrogens with zero attached hydrogens (tertiary/aromatic N) is 1. The number of carbonyl (C=O) groups is 2. The molecule has 0 aromatic heterocycles. The highest BCUT2D eigenvalue weighted by atomic mass is 32.2. The zero-order valence-electron chi connectivity index (χ0n) is 14.6. The Labute approximate surface area is 151 Å². The van der Waals surface area contributed by atoms with Crippen molar-refractivity contribution in [2.24, 2.45) is 0 Å². The molecule has 2 N–H and O–H groups in total. The Kier molecular flexibility index (Phi) is 6.68. The second-order valence-corrected chi connectivity index (χ2v) is 7.69. The summed E-state index contributed by atoms with van der Waals surface area (Å²) in [6.45, 7) is 4.50. The molecule has 1 heterocycles. The molecule has 0 radical (unpaired) electrons. The molecular weight excluding hydrogens is 365 g/mol. The van der Waals surface area contributed by atoms with Gasteiger partial charge in [-0.15, -0.1) is 0 Å². The lowest BCUT2D eigenvalue weighted by Gasteiger charge is -2.26. The molecule has 2 amide bonds. The predicted octanol–water partition coefficient (Wildman–Crippen LogP) is 0.101. The van der Waals surface area contributed by atoms with Crippen LogP contribution in [0, 0.1) is 5.82 Å². The third-order valence-electron chi connectivity index (χ3n) is 3.88. The minimum Gasteiger partial charge on any atom is -0.379 e. The molecule has 1 fully saturated rings. The van der Waals surface area contributed by atoms with Crippen LogP contribution in [0.2, 0.25) is 0 Å². The van der Waals surface area contributed by atoms with Crippen LogP contribution < -0.4 is 10.6 Å². The largest absolute Gasteiger partial charge is 0.379 e. The summed E-state index contributed by atoms with van der Waals surface area (Å²) in [5, 5.41) is 4.89. The molecule has 10 heteroatoms. The Morgan fingerprint density at radius 3 is 2.58 bits per heavy atom. The Morgan fingerprint density at radius 2 is 1.96 bits per heavy atom. The number of ether oxygens (including phenoxy) is 1. The van der Waals surface area contributed by atoms with Gasteiger partial charge in [-0.25, -0.2) is 12.8 Å². The van der Waals surface area contributed by atoms with Crippen LogP contribution in [-0.4, -0.2) is 63.4 Å². The maximum atomic E-state index is 14.1. The van der Waals surface area contributed by atoms with Gasteiger partial charge in [0.05, 0.1) is 23.7 Å². The van der Waals surface area contributed by atoms with E-state index < -0.39 is 39.3 Å². The van der Waals surface area contributed by atoms with E-state index in [1.54, 1.807) is 6.92 Å². The molecule has 0 saturated carbocycles. The van der Waals surface area contributed by atoms with Crippen LogP contribution in [0.15, 0.2) is 23.1 Å². The van der Waals surface area contributed by atoms with Crippen molar-refractivity contribution in [1.29, 1.82) is 0 Å². The van der Waals surface area contributed by atoms with Gasteiger partial charge in [-0.05, 0) is 32.0 Å². The molecule has 2 rings (SSSR count). The van der Waals surface area contributed by atoms with Gasteiger partial charge in [0.2, 0.25) is 15.9 Å². The molecule has 144 valence electrons. The third kappa shape index (κ3) is 4.57. The number of amides is 2. The minimum atomic E-state index is -3.86. The van der Waals surface area contributed by atoms with Crippen molar-refractivity contribution >= 4 is 21.8 Å². The maximum Gasteiger partial charge on any atom is 0.254 e. The van der Waals surface area contributed by atoms with Crippen LogP contribution in [0.5, 0.6) is 0 Å². The van der Waals surface area contributed by atoms with Gasteiger partial charge >= 0.3 is 0 Å². The standard InChI is InChI=1S/C16H22FN3O5S/c1-3-18-15(21)11(2)19-16(22)13-10-12(4-5-14(13)17)26(23,24)20-6-8-25-9-7-20/h4-5,10-11H,3,6-9H2,1-2H3,(H,18,21)(H,19,22)/t11-/m1/s1. The molecule has 0 bridgehead atoms. The molecule has 1 aromatic rings. The molecule has 1 aliphatic rings. The number of likely N-dealkylation sites (N-methyl/N-ethyl adjacent to an activating group) is 1. The highest BCUT2D eigenvalue weighted by Crippen LogP contribution is 2.20. The van der Waals surface area contributed by atoms with Gasteiger partial charge in [0.25, 0.3) is 5.91 Å². The van der Waals surface area contributed by atoms with E-state index in [0.29, 0.717) is 6.54 Å². The van der Waals surface area contributed by atoms with Crippen LogP contribution in [-0.2, 0) is 19.6 Å². The van der Waals surface area contributed by atoms with E-state index in [0.717, 1.165) is 18.2 Å². The van der Waals surface area contributed by atoms with Crippen LogP contribution >= 0.6 is 0 Å². The quantitative estimate of drug-likeness (QED) is 0.720. The van der Waals surface area contributed by atoms with Crippen molar-refractivity contribution in [1.82, 2.24) is 14.9 Å². The zero-order valence-corrected chi connectivity index (χ0v) is 15.4. The van der Waals surface area contributed by atoms with E-state index in [-0.39, 0.29) is 31.2 Å². The first-order valence-corrected chi connectivity index (χ1v) is 9.67. The first kappa shape index (κ1) is 20.3. The predicted molar refractivity (Wildman–Crippen MR) is 91.6 cm³/mol. The Morgan fingerprint density at radius 1 is 1.31 bits per heavy atom. The van der Waals surface area contributed by atoms with Gasteiger partial charge in [0.15, 0.2) is 0 Å². The van der Waals surface area contributed by atoms with Crippen molar-refractivity contribution in [3.05, 3.63) is 29.6 Å². The molecule has 1 saturated heterocycles. The number of halogens is 1. The number of benzene rings is 1. The molecule has 8 nitrogen and oxygen atoms in total. The minimum absolute atomic E-state index is 0.184. The second-order valence-electron chi connectivity index (χ2n) is 5.75. The SMILES string of the molecule is CCNC(=O)[C@@H](C)NC(=O)c1cc(S(=O)(=O)N2CCOCC2)ccc1F. The van der Waals surface area contributed by atoms with Crippen LogP contribution in [0.1, 0.15) is 24.2 Å². The van der Waals surface area contributed by atoms with Crippen molar-refractivity contribution in [3.8, 4) is 0 Å². The van der Waals surface area contributed by atoms with Gasteiger partial charge in [-0.3, -0.25) is 9.59 Å². The van der Waals surface area contributed by atoms with Crippen molar-refractivity contribution in [2.75, 3.05) is 32.8 Å². The smallest absolute Gasteiger partial charge is 0.254 e. The summed E-state index contributed by atoms with van der Waals surface area (Å²) in [5.41, 5.74) is -0.435. The second kappa shape index (κ2) is 8.56. The zero-order chi connectivity index (χ0) is 19.3. The highest BCUT2D eigenvalue weighted by molar-refractivity contribution is 7.89. The normalized spacial score (nSPS) is 16.7. The van der Waals surface area contributed by atoms with Crippen molar-refractivity contribution in [3.63, 3.8) is 0 Å². The lowest BCUT2D eigenvalue weighted by atomic mass is 10.2. The monoisotopic (exact) mass is 387 g/mol. The molecule has 0 aliphatic carbocycles. The summed E-state index contributed by atoms with van der Waals surface area (Å²) in [6, 6.07) is 2.14. The fourth-order valence-corrected chi connectivity index (χ4v) is 3.88. The summed E-state index contributed by atoms with van der Waals surface area (Å²) in [6.07, 6.45) is 0. The van der Waals surface area contributed by atoms with E-state index in [4.69, 9.17) is 4.74 Å². The first-order chi connectivity index (χ1) is 12.3. The van der Waals surface area contributed by atoms with E-state index in [2.05, 4.69) is 10.6 Å². The number of morpholine rings is 1. The summed E-state index contributed by atoms with van der Waals surface area (Å²) >= 11 is 0. The maximum absolute atomic E-state index is 14.1. The lowest BCUT2D eigenvalue weighted by molar-refractivity contribution is -0.122. The van der Waals surface area contributed by atoms with Crippen molar-refractivity contribution < 1.29 is 27.1 Å². The molecule has 0 spiro atoms. The van der Waals surface area contributed by atoms with E-state index in [1.165, 1.54) is 11.2 Å².